The van der Waals surface area contributed by atoms with E-state index < -0.39 is 17.1 Å². The van der Waals surface area contributed by atoms with Crippen LogP contribution in [0, 0.1) is 18.8 Å². The first-order chi connectivity index (χ1) is 14.2. The first kappa shape index (κ1) is 20.2. The lowest BCUT2D eigenvalue weighted by atomic mass is 9.48. The Hall–Kier alpha value is -1.72. The van der Waals surface area contributed by atoms with Crippen LogP contribution in [0.25, 0.3) is 0 Å². The Morgan fingerprint density at radius 1 is 1.33 bits per heavy atom. The van der Waals surface area contributed by atoms with E-state index in [1.807, 2.05) is 13.8 Å². The molecule has 0 radical (unpaired) electrons. The number of rotatable bonds is 4. The lowest BCUT2D eigenvalue weighted by molar-refractivity contribution is -0.178. The second-order valence-electron chi connectivity index (χ2n) is 10.6. The number of carbonyl (C=O) groups excluding carboxylic acids is 2. The number of fused-ring (bicyclic) bond motifs is 1. The Kier molecular flexibility index (Phi) is 4.64. The van der Waals surface area contributed by atoms with Crippen molar-refractivity contribution in [1.82, 2.24) is 10.2 Å². The molecule has 1 saturated heterocycles. The molecule has 2 saturated carbocycles. The van der Waals surface area contributed by atoms with Gasteiger partial charge in [0, 0.05) is 36.8 Å². The molecular weight excluding hydrogens is 376 g/mol. The molecule has 5 nitrogen and oxygen atoms in total. The quantitative estimate of drug-likeness (QED) is 0.800. The minimum absolute atomic E-state index is 0.00797. The molecule has 3 fully saturated rings. The SMILES string of the molecule is Cc1ccc2c(c1)[C@]13CCN(CC4CC4)[C@H](C2)[C@]1(O)C[C@@H](NC(=O)C(C)C)C(=O)C3. The van der Waals surface area contributed by atoms with E-state index >= 15 is 0 Å². The van der Waals surface area contributed by atoms with Crippen molar-refractivity contribution in [3.63, 3.8) is 0 Å². The van der Waals surface area contributed by atoms with Crippen molar-refractivity contribution in [2.24, 2.45) is 11.8 Å². The molecule has 1 amide bonds. The van der Waals surface area contributed by atoms with Crippen molar-refractivity contribution < 1.29 is 14.7 Å². The van der Waals surface area contributed by atoms with Gasteiger partial charge in [-0.15, -0.1) is 0 Å². The molecular formula is C25H34N2O3. The number of ketones is 1. The number of aryl methyl sites for hydroxylation is 1. The first-order valence-electron chi connectivity index (χ1n) is 11.6. The molecule has 5 rings (SSSR count). The summed E-state index contributed by atoms with van der Waals surface area (Å²) in [6, 6.07) is 5.97. The number of likely N-dealkylation sites (tertiary alicyclic amines) is 1. The topological polar surface area (TPSA) is 69.6 Å². The molecule has 1 aromatic rings. The summed E-state index contributed by atoms with van der Waals surface area (Å²) < 4.78 is 0. The van der Waals surface area contributed by atoms with E-state index in [1.165, 1.54) is 29.5 Å². The predicted molar refractivity (Wildman–Crippen MR) is 115 cm³/mol. The fourth-order valence-corrected chi connectivity index (χ4v) is 6.35. The molecule has 1 aromatic carbocycles. The smallest absolute Gasteiger partial charge is 0.223 e. The molecule has 1 aliphatic heterocycles. The van der Waals surface area contributed by atoms with Gasteiger partial charge in [-0.25, -0.2) is 0 Å². The van der Waals surface area contributed by atoms with Gasteiger partial charge in [0.1, 0.15) is 0 Å². The van der Waals surface area contributed by atoms with Crippen LogP contribution in [0.1, 0.15) is 62.6 Å². The van der Waals surface area contributed by atoms with E-state index in [2.05, 4.69) is 35.3 Å². The van der Waals surface area contributed by atoms with Gasteiger partial charge < -0.3 is 10.4 Å². The summed E-state index contributed by atoms with van der Waals surface area (Å²) in [5, 5.41) is 15.3. The molecule has 3 aliphatic carbocycles. The van der Waals surface area contributed by atoms with Crippen LogP contribution in [-0.4, -0.2) is 52.5 Å². The third kappa shape index (κ3) is 2.96. The minimum atomic E-state index is -0.996. The Labute approximate surface area is 179 Å². The Morgan fingerprint density at radius 2 is 2.10 bits per heavy atom. The maximum atomic E-state index is 13.3. The average molecular weight is 411 g/mol. The van der Waals surface area contributed by atoms with Gasteiger partial charge in [0.2, 0.25) is 5.91 Å². The summed E-state index contributed by atoms with van der Waals surface area (Å²) in [4.78, 5) is 28.1. The highest BCUT2D eigenvalue weighted by Gasteiger charge is 2.66. The number of nitrogens with zero attached hydrogens (tertiary/aromatic N) is 1. The molecule has 162 valence electrons. The van der Waals surface area contributed by atoms with E-state index in [0.717, 1.165) is 31.8 Å². The Balaban J connectivity index is 1.57. The first-order valence-corrected chi connectivity index (χ1v) is 11.6. The van der Waals surface area contributed by atoms with Crippen molar-refractivity contribution in [2.75, 3.05) is 13.1 Å². The molecule has 5 heteroatoms. The molecule has 2 N–H and O–H groups in total. The molecule has 30 heavy (non-hydrogen) atoms. The predicted octanol–water partition coefficient (Wildman–Crippen LogP) is 2.51. The zero-order valence-electron chi connectivity index (χ0n) is 18.4. The third-order valence-corrected chi connectivity index (χ3v) is 8.25. The standard InChI is InChI=1S/C25H34N2O3/c1-15(2)23(29)26-20-12-25(30)22-11-18-7-4-16(3)10-19(18)24(25,13-21(20)28)8-9-27(22)14-17-5-6-17/h4,7,10,15,17,20,22,30H,5-6,8-9,11-14H2,1-3H3,(H,26,29)/t20-,22-,24-,25-/m1/s1. The molecule has 1 heterocycles. The van der Waals surface area contributed by atoms with Gasteiger partial charge in [-0.2, -0.15) is 0 Å². The maximum absolute atomic E-state index is 13.3. The van der Waals surface area contributed by atoms with Crippen LogP contribution in [0.5, 0.6) is 0 Å². The molecule has 2 bridgehead atoms. The number of hydrogen-bond donors (Lipinski definition) is 2. The number of Topliss-reactive ketones (excluding diaryl/α,β-unsaturated/α-hetero) is 1. The highest BCUT2D eigenvalue weighted by atomic mass is 16.3. The van der Waals surface area contributed by atoms with Gasteiger partial charge in [0.05, 0.1) is 11.6 Å². The number of amides is 1. The van der Waals surface area contributed by atoms with Crippen LogP contribution in [0.4, 0.5) is 0 Å². The summed E-state index contributed by atoms with van der Waals surface area (Å²) >= 11 is 0. The summed E-state index contributed by atoms with van der Waals surface area (Å²) in [5.41, 5.74) is 2.10. The van der Waals surface area contributed by atoms with Gasteiger partial charge in [-0.3, -0.25) is 14.5 Å². The zero-order valence-corrected chi connectivity index (χ0v) is 18.4. The number of benzene rings is 1. The van der Waals surface area contributed by atoms with Crippen LogP contribution in [-0.2, 0) is 21.4 Å². The second-order valence-corrected chi connectivity index (χ2v) is 10.6. The highest BCUT2D eigenvalue weighted by molar-refractivity contribution is 5.92. The van der Waals surface area contributed by atoms with Gasteiger partial charge in [0.25, 0.3) is 0 Å². The van der Waals surface area contributed by atoms with Crippen molar-refractivity contribution >= 4 is 11.7 Å². The molecule has 0 spiro atoms. The van der Waals surface area contributed by atoms with Gasteiger partial charge in [-0.1, -0.05) is 37.6 Å². The zero-order chi connectivity index (χ0) is 21.3. The number of aliphatic hydroxyl groups is 1. The largest absolute Gasteiger partial charge is 0.387 e. The van der Waals surface area contributed by atoms with Gasteiger partial charge in [0.15, 0.2) is 5.78 Å². The van der Waals surface area contributed by atoms with Gasteiger partial charge >= 0.3 is 0 Å². The number of piperidine rings is 1. The Morgan fingerprint density at radius 3 is 2.80 bits per heavy atom. The lowest BCUT2D eigenvalue weighted by Gasteiger charge is -2.64. The fourth-order valence-electron chi connectivity index (χ4n) is 6.35. The van der Waals surface area contributed by atoms with Gasteiger partial charge in [-0.05, 0) is 56.2 Å². The van der Waals surface area contributed by atoms with Crippen LogP contribution in [0.2, 0.25) is 0 Å². The molecule has 4 atom stereocenters. The average Bonchev–Trinajstić information content (AvgIpc) is 3.50. The van der Waals surface area contributed by atoms with Crippen molar-refractivity contribution in [3.05, 3.63) is 34.9 Å². The van der Waals surface area contributed by atoms with Crippen molar-refractivity contribution in [3.8, 4) is 0 Å². The summed E-state index contributed by atoms with van der Waals surface area (Å²) in [5.74, 6) is 0.531. The summed E-state index contributed by atoms with van der Waals surface area (Å²) in [6.07, 6.45) is 4.84. The number of hydrogen-bond acceptors (Lipinski definition) is 4. The van der Waals surface area contributed by atoms with Crippen LogP contribution in [0.3, 0.4) is 0 Å². The number of nitrogens with one attached hydrogen (secondary N) is 1. The van der Waals surface area contributed by atoms with E-state index in [4.69, 9.17) is 0 Å². The van der Waals surface area contributed by atoms with E-state index in [-0.39, 0.29) is 23.7 Å². The molecule has 4 aliphatic rings. The fraction of sp³-hybridized carbons (Fsp3) is 0.680. The summed E-state index contributed by atoms with van der Waals surface area (Å²) in [7, 11) is 0. The molecule has 0 aromatic heterocycles. The summed E-state index contributed by atoms with van der Waals surface area (Å²) in [6.45, 7) is 7.74. The Bertz CT molecular complexity index is 892. The minimum Gasteiger partial charge on any atom is -0.387 e. The second kappa shape index (κ2) is 6.89. The van der Waals surface area contributed by atoms with Crippen molar-refractivity contribution in [2.45, 2.75) is 82.4 Å². The van der Waals surface area contributed by atoms with E-state index in [9.17, 15) is 14.7 Å². The van der Waals surface area contributed by atoms with Crippen LogP contribution < -0.4 is 5.32 Å². The van der Waals surface area contributed by atoms with Crippen LogP contribution in [0.15, 0.2) is 18.2 Å². The van der Waals surface area contributed by atoms with E-state index in [1.54, 1.807) is 0 Å². The van der Waals surface area contributed by atoms with Crippen LogP contribution >= 0.6 is 0 Å². The lowest BCUT2D eigenvalue weighted by Crippen LogP contribution is -2.76. The molecule has 0 unspecified atom stereocenters. The normalized spacial score (nSPS) is 35.7. The highest BCUT2D eigenvalue weighted by Crippen LogP contribution is 2.58. The monoisotopic (exact) mass is 410 g/mol. The number of carbonyl (C=O) groups is 2. The van der Waals surface area contributed by atoms with E-state index in [0.29, 0.717) is 12.8 Å². The maximum Gasteiger partial charge on any atom is 0.223 e. The third-order valence-electron chi connectivity index (χ3n) is 8.25. The van der Waals surface area contributed by atoms with Crippen molar-refractivity contribution in [1.29, 1.82) is 0 Å².